The van der Waals surface area contributed by atoms with E-state index in [1.807, 2.05) is 5.32 Å². The van der Waals surface area contributed by atoms with Gasteiger partial charge in [0.05, 0.1) is 10.6 Å². The highest BCUT2D eigenvalue weighted by Crippen LogP contribution is 2.22. The highest BCUT2D eigenvalue weighted by atomic mass is 35.5. The largest absolute Gasteiger partial charge is 0.484 e. The van der Waals surface area contributed by atoms with E-state index in [4.69, 9.17) is 21.4 Å². The predicted octanol–water partition coefficient (Wildman–Crippen LogP) is 1.43. The molecule has 3 N–H and O–H groups in total. The molecule has 21 heavy (non-hydrogen) atoms. The van der Waals surface area contributed by atoms with Crippen molar-refractivity contribution in [1.29, 1.82) is 0 Å². The van der Waals surface area contributed by atoms with E-state index in [1.165, 1.54) is 24.3 Å². The minimum atomic E-state index is -1.21. The van der Waals surface area contributed by atoms with Gasteiger partial charge in [0.25, 0.3) is 5.91 Å². The molecular weight excluding hydrogens is 300 g/mol. The molecule has 0 heterocycles. The van der Waals surface area contributed by atoms with Gasteiger partial charge in [0, 0.05) is 6.54 Å². The average Bonchev–Trinajstić information content (AvgIpc) is 2.43. The Hall–Kier alpha value is -2.54. The molecule has 3 amide bonds. The maximum atomic E-state index is 11.4. The molecule has 0 unspecified atom stereocenters. The number of urea groups is 1. The molecule has 0 aliphatic heterocycles. The van der Waals surface area contributed by atoms with E-state index < -0.39 is 24.5 Å². The summed E-state index contributed by atoms with van der Waals surface area (Å²) in [5.74, 6) is -1.74. The van der Waals surface area contributed by atoms with Gasteiger partial charge in [-0.05, 0) is 18.2 Å². The van der Waals surface area contributed by atoms with Crippen LogP contribution in [0.3, 0.4) is 0 Å². The normalized spacial score (nSPS) is 9.57. The number of carboxylic acids is 1. The molecule has 1 aromatic rings. The van der Waals surface area contributed by atoms with Gasteiger partial charge < -0.3 is 15.2 Å². The van der Waals surface area contributed by atoms with Crippen molar-refractivity contribution in [2.24, 2.45) is 0 Å². The lowest BCUT2D eigenvalue weighted by Gasteiger charge is -2.08. The fourth-order valence-electron chi connectivity index (χ4n) is 1.28. The van der Waals surface area contributed by atoms with Crippen LogP contribution in [0.1, 0.15) is 10.4 Å². The number of nitrogens with one attached hydrogen (secondary N) is 2. The highest BCUT2D eigenvalue weighted by molar-refractivity contribution is 6.33. The van der Waals surface area contributed by atoms with Crippen LogP contribution in [0.25, 0.3) is 0 Å². The lowest BCUT2D eigenvalue weighted by molar-refractivity contribution is -0.122. The number of hydrogen-bond donors (Lipinski definition) is 3. The Balaban J connectivity index is 2.53. The summed E-state index contributed by atoms with van der Waals surface area (Å²) in [7, 11) is 0. The molecule has 7 nitrogen and oxygen atoms in total. The fourth-order valence-corrected chi connectivity index (χ4v) is 1.48. The van der Waals surface area contributed by atoms with Gasteiger partial charge in [-0.2, -0.15) is 0 Å². The molecule has 0 aliphatic carbocycles. The van der Waals surface area contributed by atoms with Crippen molar-refractivity contribution in [3.8, 4) is 5.75 Å². The standard InChI is InChI=1S/C13H13ClN2O5/c1-2-5-15-13(20)16-11(17)7-21-8-3-4-10(14)9(6-8)12(18)19/h2-4,6H,1,5,7H2,(H,18,19)(H2,15,16,17,20). The first-order valence-corrected chi connectivity index (χ1v) is 6.16. The topological polar surface area (TPSA) is 105 Å². The summed E-state index contributed by atoms with van der Waals surface area (Å²) < 4.78 is 5.08. The van der Waals surface area contributed by atoms with E-state index in [2.05, 4.69) is 11.9 Å². The number of carbonyl (C=O) groups excluding carboxylic acids is 2. The number of carbonyl (C=O) groups is 3. The second kappa shape index (κ2) is 7.91. The molecular formula is C13H13ClN2O5. The third-order valence-electron chi connectivity index (χ3n) is 2.20. The Morgan fingerprint density at radius 3 is 2.71 bits per heavy atom. The van der Waals surface area contributed by atoms with Gasteiger partial charge in [0.1, 0.15) is 5.75 Å². The van der Waals surface area contributed by atoms with E-state index in [9.17, 15) is 14.4 Å². The second-order valence-electron chi connectivity index (χ2n) is 3.78. The summed E-state index contributed by atoms with van der Waals surface area (Å²) in [6.45, 7) is 3.19. The van der Waals surface area contributed by atoms with Crippen LogP contribution in [-0.4, -0.2) is 36.2 Å². The number of halogens is 1. The molecule has 0 aliphatic rings. The van der Waals surface area contributed by atoms with Crippen LogP contribution >= 0.6 is 11.6 Å². The van der Waals surface area contributed by atoms with Gasteiger partial charge in [-0.1, -0.05) is 17.7 Å². The summed E-state index contributed by atoms with van der Waals surface area (Å²) in [6.07, 6.45) is 1.46. The SMILES string of the molecule is C=CCNC(=O)NC(=O)COc1ccc(Cl)c(C(=O)O)c1. The quantitative estimate of drug-likeness (QED) is 0.689. The molecule has 0 fully saturated rings. The number of carboxylic acid groups (broad SMARTS) is 1. The van der Waals surface area contributed by atoms with Gasteiger partial charge in [-0.15, -0.1) is 6.58 Å². The summed E-state index contributed by atoms with van der Waals surface area (Å²) in [5.41, 5.74) is -0.140. The molecule has 0 atom stereocenters. The molecule has 0 spiro atoms. The summed E-state index contributed by atoms with van der Waals surface area (Å²) in [4.78, 5) is 33.5. The van der Waals surface area contributed by atoms with Crippen molar-refractivity contribution in [1.82, 2.24) is 10.6 Å². The predicted molar refractivity (Wildman–Crippen MR) is 75.6 cm³/mol. The molecule has 0 bridgehead atoms. The number of benzene rings is 1. The minimum absolute atomic E-state index is 0.0584. The number of aromatic carboxylic acids is 1. The number of rotatable bonds is 6. The molecule has 0 saturated carbocycles. The molecule has 0 radical (unpaired) electrons. The maximum absolute atomic E-state index is 11.4. The Labute approximate surface area is 125 Å². The zero-order chi connectivity index (χ0) is 15.8. The smallest absolute Gasteiger partial charge is 0.337 e. The Morgan fingerprint density at radius 1 is 1.38 bits per heavy atom. The monoisotopic (exact) mass is 312 g/mol. The van der Waals surface area contributed by atoms with Crippen molar-refractivity contribution in [3.05, 3.63) is 41.4 Å². The first-order chi connectivity index (χ1) is 9.93. The van der Waals surface area contributed by atoms with Gasteiger partial charge in [-0.25, -0.2) is 9.59 Å². The second-order valence-corrected chi connectivity index (χ2v) is 4.19. The van der Waals surface area contributed by atoms with Crippen LogP contribution in [0.2, 0.25) is 5.02 Å². The third kappa shape index (κ3) is 5.53. The number of amides is 3. The number of ether oxygens (including phenoxy) is 1. The van der Waals surface area contributed by atoms with Crippen LogP contribution in [0.15, 0.2) is 30.9 Å². The molecule has 1 rings (SSSR count). The van der Waals surface area contributed by atoms with Gasteiger partial charge in [0.2, 0.25) is 0 Å². The molecule has 1 aromatic carbocycles. The maximum Gasteiger partial charge on any atom is 0.337 e. The van der Waals surface area contributed by atoms with E-state index in [0.717, 1.165) is 0 Å². The van der Waals surface area contributed by atoms with Gasteiger partial charge in [-0.3, -0.25) is 10.1 Å². The third-order valence-corrected chi connectivity index (χ3v) is 2.53. The number of hydrogen-bond acceptors (Lipinski definition) is 4. The Morgan fingerprint density at radius 2 is 2.10 bits per heavy atom. The van der Waals surface area contributed by atoms with Crippen LogP contribution in [-0.2, 0) is 4.79 Å². The number of imide groups is 1. The average molecular weight is 313 g/mol. The van der Waals surface area contributed by atoms with Crippen molar-refractivity contribution < 1.29 is 24.2 Å². The zero-order valence-corrected chi connectivity index (χ0v) is 11.6. The summed E-state index contributed by atoms with van der Waals surface area (Å²) >= 11 is 5.69. The minimum Gasteiger partial charge on any atom is -0.484 e. The zero-order valence-electron chi connectivity index (χ0n) is 10.9. The summed E-state index contributed by atoms with van der Waals surface area (Å²) in [6, 6.07) is 3.27. The van der Waals surface area contributed by atoms with Crippen molar-refractivity contribution in [2.45, 2.75) is 0 Å². The Bertz CT molecular complexity index is 574. The highest BCUT2D eigenvalue weighted by Gasteiger charge is 2.12. The Kier molecular flexibility index (Phi) is 6.22. The van der Waals surface area contributed by atoms with E-state index in [1.54, 1.807) is 0 Å². The van der Waals surface area contributed by atoms with Crippen molar-refractivity contribution in [2.75, 3.05) is 13.2 Å². The molecule has 0 aromatic heterocycles. The molecule has 112 valence electrons. The lowest BCUT2D eigenvalue weighted by Crippen LogP contribution is -2.41. The lowest BCUT2D eigenvalue weighted by atomic mass is 10.2. The van der Waals surface area contributed by atoms with E-state index in [0.29, 0.717) is 0 Å². The molecule has 8 heteroatoms. The van der Waals surface area contributed by atoms with Crippen LogP contribution in [0.4, 0.5) is 4.79 Å². The first-order valence-electron chi connectivity index (χ1n) is 5.78. The van der Waals surface area contributed by atoms with Crippen molar-refractivity contribution in [3.63, 3.8) is 0 Å². The summed E-state index contributed by atoms with van der Waals surface area (Å²) in [5, 5.41) is 13.3. The first kappa shape index (κ1) is 16.5. The molecule has 0 saturated heterocycles. The van der Waals surface area contributed by atoms with Crippen molar-refractivity contribution >= 4 is 29.5 Å². The van der Waals surface area contributed by atoms with Crippen LogP contribution in [0.5, 0.6) is 5.75 Å². The van der Waals surface area contributed by atoms with Crippen LogP contribution in [0, 0.1) is 0 Å². The van der Waals surface area contributed by atoms with E-state index in [-0.39, 0.29) is 22.9 Å². The van der Waals surface area contributed by atoms with E-state index >= 15 is 0 Å². The van der Waals surface area contributed by atoms with Gasteiger partial charge in [0.15, 0.2) is 6.61 Å². The van der Waals surface area contributed by atoms with Crippen LogP contribution < -0.4 is 15.4 Å². The fraction of sp³-hybridized carbons (Fsp3) is 0.154. The van der Waals surface area contributed by atoms with Gasteiger partial charge >= 0.3 is 12.0 Å².